The molecule has 124 valence electrons. The molecule has 0 spiro atoms. The van der Waals surface area contributed by atoms with Crippen LogP contribution in [0.3, 0.4) is 0 Å². The highest BCUT2D eigenvalue weighted by atomic mass is 16.1. The highest BCUT2D eigenvalue weighted by Gasteiger charge is 2.20. The first kappa shape index (κ1) is 14.7. The zero-order valence-corrected chi connectivity index (χ0v) is 14.0. The summed E-state index contributed by atoms with van der Waals surface area (Å²) in [7, 11) is 0. The van der Waals surface area contributed by atoms with E-state index in [1.807, 2.05) is 95.8 Å². The maximum absolute atomic E-state index is 13.5. The summed E-state index contributed by atoms with van der Waals surface area (Å²) >= 11 is 0. The lowest BCUT2D eigenvalue weighted by Crippen LogP contribution is -2.38. The summed E-state index contributed by atoms with van der Waals surface area (Å²) in [5.41, 5.74) is 4.25. The highest BCUT2D eigenvalue weighted by molar-refractivity contribution is 6.06. The summed E-state index contributed by atoms with van der Waals surface area (Å²) in [5, 5.41) is 1.04. The van der Waals surface area contributed by atoms with Gasteiger partial charge in [-0.2, -0.15) is 4.57 Å². The van der Waals surface area contributed by atoms with Gasteiger partial charge in [-0.3, -0.25) is 9.36 Å². The second-order valence-electron chi connectivity index (χ2n) is 6.22. The van der Waals surface area contributed by atoms with Crippen LogP contribution in [0.15, 0.2) is 96.1 Å². The summed E-state index contributed by atoms with van der Waals surface area (Å²) in [5.74, 6) is 0. The summed E-state index contributed by atoms with van der Waals surface area (Å²) in [6.07, 6.45) is 3.78. The lowest BCUT2D eigenvalue weighted by Gasteiger charge is -2.09. The minimum Gasteiger partial charge on any atom is -0.353 e. The van der Waals surface area contributed by atoms with Gasteiger partial charge in [-0.15, -0.1) is 0 Å². The van der Waals surface area contributed by atoms with Crippen molar-refractivity contribution in [2.45, 2.75) is 0 Å². The number of hydrogen-bond acceptors (Lipinski definition) is 1. The molecular weight excluding hydrogens is 322 g/mol. The standard InChI is InChI=1S/C22H15N3O/c26-22-20(24-13-7-2-8-14-24)15-19-21(17-11-5-6-12-18(17)23-19)25(22)16-9-3-1-4-10-16/h1-15H/p+1. The predicted molar refractivity (Wildman–Crippen MR) is 103 cm³/mol. The van der Waals surface area contributed by atoms with Crippen LogP contribution in [-0.2, 0) is 0 Å². The molecular formula is C22H16N3O+. The molecule has 0 aliphatic rings. The molecule has 4 heteroatoms. The van der Waals surface area contributed by atoms with Crippen LogP contribution in [0.1, 0.15) is 0 Å². The molecule has 1 N–H and O–H groups in total. The van der Waals surface area contributed by atoms with Gasteiger partial charge < -0.3 is 4.98 Å². The Balaban J connectivity index is 1.98. The van der Waals surface area contributed by atoms with E-state index >= 15 is 0 Å². The average Bonchev–Trinajstić information content (AvgIpc) is 3.07. The number of pyridine rings is 2. The lowest BCUT2D eigenvalue weighted by molar-refractivity contribution is -0.596. The van der Waals surface area contributed by atoms with Crippen molar-refractivity contribution in [3.63, 3.8) is 0 Å². The number of fused-ring (bicyclic) bond motifs is 3. The molecule has 5 aromatic rings. The van der Waals surface area contributed by atoms with Crippen molar-refractivity contribution in [1.82, 2.24) is 9.55 Å². The summed E-state index contributed by atoms with van der Waals surface area (Å²) in [6.45, 7) is 0. The molecule has 0 unspecified atom stereocenters. The largest absolute Gasteiger partial charge is 0.353 e. The van der Waals surface area contributed by atoms with Crippen LogP contribution in [0, 0.1) is 0 Å². The van der Waals surface area contributed by atoms with Crippen molar-refractivity contribution in [2.24, 2.45) is 0 Å². The van der Waals surface area contributed by atoms with Crippen LogP contribution in [-0.4, -0.2) is 9.55 Å². The van der Waals surface area contributed by atoms with Crippen molar-refractivity contribution < 1.29 is 4.57 Å². The Morgan fingerprint density at radius 3 is 2.27 bits per heavy atom. The SMILES string of the molecule is O=c1c(-[n+]2ccccc2)cc2[nH]c3ccccc3c2n1-c1ccccc1. The molecule has 3 aromatic heterocycles. The number of nitrogens with zero attached hydrogens (tertiary/aromatic N) is 2. The quantitative estimate of drug-likeness (QED) is 0.489. The van der Waals surface area contributed by atoms with Crippen molar-refractivity contribution in [3.05, 3.63) is 102 Å². The van der Waals surface area contributed by atoms with Gasteiger partial charge in [0.05, 0.1) is 11.0 Å². The van der Waals surface area contributed by atoms with Gasteiger partial charge in [-0.05, 0) is 18.2 Å². The Morgan fingerprint density at radius 1 is 0.769 bits per heavy atom. The molecule has 26 heavy (non-hydrogen) atoms. The molecule has 0 aliphatic heterocycles. The molecule has 0 saturated carbocycles. The van der Waals surface area contributed by atoms with Crippen molar-refractivity contribution in [1.29, 1.82) is 0 Å². The molecule has 0 aliphatic carbocycles. The number of rotatable bonds is 2. The fourth-order valence-corrected chi connectivity index (χ4v) is 3.48. The van der Waals surface area contributed by atoms with Gasteiger partial charge in [0.1, 0.15) is 0 Å². The van der Waals surface area contributed by atoms with E-state index in [1.165, 1.54) is 0 Å². The third-order valence-electron chi connectivity index (χ3n) is 4.64. The number of benzene rings is 2. The van der Waals surface area contributed by atoms with Crippen LogP contribution in [0.4, 0.5) is 0 Å². The number of para-hydroxylation sites is 2. The van der Waals surface area contributed by atoms with Crippen molar-refractivity contribution >= 4 is 21.9 Å². The van der Waals surface area contributed by atoms with Gasteiger partial charge in [0, 0.05) is 34.8 Å². The summed E-state index contributed by atoms with van der Waals surface area (Å²) < 4.78 is 3.65. The van der Waals surface area contributed by atoms with Crippen molar-refractivity contribution in [3.8, 4) is 11.4 Å². The van der Waals surface area contributed by atoms with Gasteiger partial charge in [0.2, 0.25) is 0 Å². The van der Waals surface area contributed by atoms with E-state index in [1.54, 1.807) is 4.57 Å². The third-order valence-corrected chi connectivity index (χ3v) is 4.64. The van der Waals surface area contributed by atoms with Gasteiger partial charge >= 0.3 is 5.56 Å². The van der Waals surface area contributed by atoms with E-state index in [4.69, 9.17) is 0 Å². The molecule has 0 radical (unpaired) electrons. The van der Waals surface area contributed by atoms with E-state index in [2.05, 4.69) is 4.98 Å². The van der Waals surface area contributed by atoms with E-state index in [0.29, 0.717) is 5.69 Å². The molecule has 2 aromatic carbocycles. The molecule has 5 rings (SSSR count). The minimum absolute atomic E-state index is 0.0512. The second-order valence-corrected chi connectivity index (χ2v) is 6.22. The van der Waals surface area contributed by atoms with Gasteiger partial charge in [0.25, 0.3) is 5.69 Å². The number of H-pyrrole nitrogens is 1. The molecule has 0 fully saturated rings. The average molecular weight is 338 g/mol. The smallest absolute Gasteiger partial charge is 0.328 e. The van der Waals surface area contributed by atoms with Crippen LogP contribution in [0.25, 0.3) is 33.3 Å². The number of aromatic nitrogens is 3. The Kier molecular flexibility index (Phi) is 3.22. The van der Waals surface area contributed by atoms with Crippen LogP contribution in [0.5, 0.6) is 0 Å². The maximum atomic E-state index is 13.5. The van der Waals surface area contributed by atoms with E-state index in [-0.39, 0.29) is 5.56 Å². The van der Waals surface area contributed by atoms with Crippen LogP contribution >= 0.6 is 0 Å². The lowest BCUT2D eigenvalue weighted by atomic mass is 10.2. The first-order valence-electron chi connectivity index (χ1n) is 8.51. The molecule has 0 amide bonds. The molecule has 0 atom stereocenters. The first-order chi connectivity index (χ1) is 12.8. The van der Waals surface area contributed by atoms with E-state index < -0.39 is 0 Å². The number of nitrogens with one attached hydrogen (secondary N) is 1. The normalized spacial score (nSPS) is 11.2. The summed E-state index contributed by atoms with van der Waals surface area (Å²) in [6, 6.07) is 25.5. The Morgan fingerprint density at radius 2 is 1.46 bits per heavy atom. The zero-order valence-electron chi connectivity index (χ0n) is 14.0. The van der Waals surface area contributed by atoms with Crippen LogP contribution < -0.4 is 10.1 Å². The maximum Gasteiger partial charge on any atom is 0.328 e. The Bertz CT molecular complexity index is 1290. The van der Waals surface area contributed by atoms with E-state index in [0.717, 1.165) is 27.6 Å². The van der Waals surface area contributed by atoms with E-state index in [9.17, 15) is 4.79 Å². The third kappa shape index (κ3) is 2.16. The Labute approximate surface area is 149 Å². The fraction of sp³-hybridized carbons (Fsp3) is 0. The second kappa shape index (κ2) is 5.70. The zero-order chi connectivity index (χ0) is 17.5. The molecule has 0 saturated heterocycles. The fourth-order valence-electron chi connectivity index (χ4n) is 3.48. The monoisotopic (exact) mass is 338 g/mol. The highest BCUT2D eigenvalue weighted by Crippen LogP contribution is 2.26. The van der Waals surface area contributed by atoms with Gasteiger partial charge in [-0.1, -0.05) is 42.5 Å². The topological polar surface area (TPSA) is 41.7 Å². The van der Waals surface area contributed by atoms with Gasteiger partial charge in [-0.25, -0.2) is 0 Å². The molecule has 4 nitrogen and oxygen atoms in total. The Hall–Kier alpha value is -3.66. The number of hydrogen-bond donors (Lipinski definition) is 1. The summed E-state index contributed by atoms with van der Waals surface area (Å²) in [4.78, 5) is 16.9. The predicted octanol–water partition coefficient (Wildman–Crippen LogP) is 3.75. The molecule has 3 heterocycles. The minimum atomic E-state index is -0.0512. The van der Waals surface area contributed by atoms with Gasteiger partial charge in [0.15, 0.2) is 12.4 Å². The van der Waals surface area contributed by atoms with Crippen LogP contribution in [0.2, 0.25) is 0 Å². The molecule has 0 bridgehead atoms. The number of aromatic amines is 1. The first-order valence-corrected chi connectivity index (χ1v) is 8.51. The van der Waals surface area contributed by atoms with Crippen molar-refractivity contribution in [2.75, 3.05) is 0 Å².